The van der Waals surface area contributed by atoms with E-state index in [1.807, 2.05) is 12.1 Å². The third kappa shape index (κ3) is 5.75. The van der Waals surface area contributed by atoms with Crippen molar-refractivity contribution in [3.05, 3.63) is 102 Å². The number of para-hydroxylation sites is 1. The van der Waals surface area contributed by atoms with E-state index < -0.39 is 5.91 Å². The van der Waals surface area contributed by atoms with Gasteiger partial charge in [0, 0.05) is 61.7 Å². The van der Waals surface area contributed by atoms with Crippen LogP contribution in [-0.4, -0.2) is 38.7 Å². The number of nitrogens with one attached hydrogen (secondary N) is 2. The lowest BCUT2D eigenvalue weighted by molar-refractivity contribution is -0.124. The molecule has 32 heavy (non-hydrogen) atoms. The van der Waals surface area contributed by atoms with Gasteiger partial charge in [0.2, 0.25) is 0 Å². The summed E-state index contributed by atoms with van der Waals surface area (Å²) in [5, 5.41) is 9.89. The Morgan fingerprint density at radius 2 is 1.81 bits per heavy atom. The predicted octanol–water partition coefficient (Wildman–Crippen LogP) is 4.23. The lowest BCUT2D eigenvalue weighted by Crippen LogP contribution is -2.29. The highest BCUT2D eigenvalue weighted by Gasteiger charge is 2.09. The van der Waals surface area contributed by atoms with Gasteiger partial charge in [-0.2, -0.15) is 0 Å². The first kappa shape index (κ1) is 21.6. The highest BCUT2D eigenvalue weighted by atomic mass is 16.5. The molecule has 0 fully saturated rings. The maximum Gasteiger partial charge on any atom is 0.267 e. The summed E-state index contributed by atoms with van der Waals surface area (Å²) in [6, 6.07) is 20.7. The number of carbonyl (C=O) groups excluding carboxylic acids is 1. The van der Waals surface area contributed by atoms with Gasteiger partial charge < -0.3 is 9.55 Å². The summed E-state index contributed by atoms with van der Waals surface area (Å²) < 4.78 is 2.21. The number of carbonyl (C=O) groups is 1. The smallest absolute Gasteiger partial charge is 0.267 e. The van der Waals surface area contributed by atoms with E-state index in [1.165, 1.54) is 28.1 Å². The molecule has 2 heterocycles. The maximum atomic E-state index is 11.2. The fraction of sp³-hybridized carbons (Fsp3) is 0.192. The first-order valence-corrected chi connectivity index (χ1v) is 10.8. The zero-order valence-corrected chi connectivity index (χ0v) is 17.9. The van der Waals surface area contributed by atoms with Gasteiger partial charge in [-0.1, -0.05) is 42.5 Å². The molecule has 2 aromatic heterocycles. The number of benzene rings is 2. The number of aromatic nitrogens is 2. The fourth-order valence-corrected chi connectivity index (χ4v) is 3.86. The topological polar surface area (TPSA) is 73.3 Å². The fourth-order valence-electron chi connectivity index (χ4n) is 3.86. The van der Waals surface area contributed by atoms with E-state index >= 15 is 0 Å². The molecule has 6 heteroatoms. The highest BCUT2D eigenvalue weighted by Crippen LogP contribution is 2.19. The molecule has 0 saturated heterocycles. The zero-order valence-electron chi connectivity index (χ0n) is 17.9. The SMILES string of the molecule is O=C(/C=C/c1ccc(CN(CCc2c[nH]c3ccccc23)CCn2cccc2)cc1)NO. The molecule has 0 radical (unpaired) electrons. The molecule has 0 bridgehead atoms. The van der Waals surface area contributed by atoms with Crippen LogP contribution in [0.4, 0.5) is 0 Å². The summed E-state index contributed by atoms with van der Waals surface area (Å²) in [5.41, 5.74) is 6.26. The van der Waals surface area contributed by atoms with Crippen LogP contribution in [0.25, 0.3) is 17.0 Å². The molecule has 0 spiro atoms. The molecule has 4 rings (SSSR count). The van der Waals surface area contributed by atoms with Crippen LogP contribution in [0.5, 0.6) is 0 Å². The molecule has 0 aliphatic rings. The first-order valence-electron chi connectivity index (χ1n) is 10.8. The number of hydrogen-bond acceptors (Lipinski definition) is 3. The predicted molar refractivity (Wildman–Crippen MR) is 127 cm³/mol. The number of nitrogens with zero attached hydrogens (tertiary/aromatic N) is 2. The van der Waals surface area contributed by atoms with Crippen LogP contribution in [0.1, 0.15) is 16.7 Å². The Bertz CT molecular complexity index is 1160. The Hall–Kier alpha value is -3.61. The van der Waals surface area contributed by atoms with E-state index in [4.69, 9.17) is 5.21 Å². The van der Waals surface area contributed by atoms with Crippen molar-refractivity contribution in [3.8, 4) is 0 Å². The minimum absolute atomic E-state index is 0.539. The largest absolute Gasteiger partial charge is 0.361 e. The average molecular weight is 429 g/mol. The van der Waals surface area contributed by atoms with E-state index in [1.54, 1.807) is 11.6 Å². The molecule has 0 saturated carbocycles. The summed E-state index contributed by atoms with van der Waals surface area (Å²) in [5.74, 6) is -0.539. The average Bonchev–Trinajstić information content (AvgIpc) is 3.50. The van der Waals surface area contributed by atoms with Crippen molar-refractivity contribution in [2.45, 2.75) is 19.5 Å². The zero-order chi connectivity index (χ0) is 22.2. The molecule has 0 unspecified atom stereocenters. The van der Waals surface area contributed by atoms with Crippen molar-refractivity contribution in [3.63, 3.8) is 0 Å². The van der Waals surface area contributed by atoms with Crippen molar-refractivity contribution >= 4 is 22.9 Å². The van der Waals surface area contributed by atoms with Crippen LogP contribution in [0.2, 0.25) is 0 Å². The Balaban J connectivity index is 1.42. The van der Waals surface area contributed by atoms with Gasteiger partial charge in [-0.3, -0.25) is 14.9 Å². The monoisotopic (exact) mass is 428 g/mol. The van der Waals surface area contributed by atoms with Crippen molar-refractivity contribution in [1.82, 2.24) is 19.9 Å². The van der Waals surface area contributed by atoms with Crippen molar-refractivity contribution < 1.29 is 10.0 Å². The lowest BCUT2D eigenvalue weighted by Gasteiger charge is -2.23. The van der Waals surface area contributed by atoms with Crippen molar-refractivity contribution in [2.75, 3.05) is 13.1 Å². The standard InChI is InChI=1S/C26H28N4O2/c31-26(28-32)12-11-21-7-9-22(10-8-21)20-30(18-17-29-14-3-4-15-29)16-13-23-19-27-25-6-2-1-5-24(23)25/h1-12,14-15,19,27,32H,13,16-18,20H2,(H,28,31)/b12-11+. The van der Waals surface area contributed by atoms with Crippen LogP contribution in [0.3, 0.4) is 0 Å². The van der Waals surface area contributed by atoms with E-state index in [9.17, 15) is 4.79 Å². The van der Waals surface area contributed by atoms with Crippen LogP contribution in [0.15, 0.2) is 85.3 Å². The quantitative estimate of drug-likeness (QED) is 0.201. The molecule has 1 amide bonds. The summed E-state index contributed by atoms with van der Waals surface area (Å²) in [7, 11) is 0. The highest BCUT2D eigenvalue weighted by molar-refractivity contribution is 5.90. The molecule has 0 aliphatic heterocycles. The normalized spacial score (nSPS) is 11.6. The molecule has 164 valence electrons. The second-order valence-electron chi connectivity index (χ2n) is 7.86. The van der Waals surface area contributed by atoms with Crippen molar-refractivity contribution in [1.29, 1.82) is 0 Å². The molecule has 4 aromatic rings. The molecule has 2 aromatic carbocycles. The van der Waals surface area contributed by atoms with Gasteiger partial charge in [0.05, 0.1) is 0 Å². The third-order valence-electron chi connectivity index (χ3n) is 5.64. The Kier molecular flexibility index (Phi) is 7.17. The summed E-state index contributed by atoms with van der Waals surface area (Å²) in [6.07, 6.45) is 10.3. The molecule has 3 N–H and O–H groups in total. The number of hydrogen-bond donors (Lipinski definition) is 3. The van der Waals surface area contributed by atoms with E-state index in [-0.39, 0.29) is 0 Å². The summed E-state index contributed by atoms with van der Waals surface area (Å²) in [6.45, 7) is 3.71. The lowest BCUT2D eigenvalue weighted by atomic mass is 10.1. The van der Waals surface area contributed by atoms with E-state index in [0.29, 0.717) is 0 Å². The van der Waals surface area contributed by atoms with E-state index in [2.05, 4.69) is 81.6 Å². The maximum absolute atomic E-state index is 11.2. The Morgan fingerprint density at radius 1 is 1.03 bits per heavy atom. The van der Waals surface area contributed by atoms with Gasteiger partial charge >= 0.3 is 0 Å². The van der Waals surface area contributed by atoms with Gasteiger partial charge in [0.1, 0.15) is 0 Å². The van der Waals surface area contributed by atoms with Gasteiger partial charge in [-0.25, -0.2) is 5.48 Å². The van der Waals surface area contributed by atoms with Crippen molar-refractivity contribution in [2.24, 2.45) is 0 Å². The first-order chi connectivity index (χ1) is 15.7. The number of hydroxylamine groups is 1. The van der Waals surface area contributed by atoms with Crippen LogP contribution < -0.4 is 5.48 Å². The summed E-state index contributed by atoms with van der Waals surface area (Å²) in [4.78, 5) is 17.0. The molecular formula is C26H28N4O2. The van der Waals surface area contributed by atoms with Gasteiger partial charge in [-0.05, 0) is 47.4 Å². The number of H-pyrrole nitrogens is 1. The molecular weight excluding hydrogens is 400 g/mol. The second kappa shape index (κ2) is 10.6. The second-order valence-corrected chi connectivity index (χ2v) is 7.86. The van der Waals surface area contributed by atoms with Crippen LogP contribution >= 0.6 is 0 Å². The third-order valence-corrected chi connectivity index (χ3v) is 5.64. The number of fused-ring (bicyclic) bond motifs is 1. The van der Waals surface area contributed by atoms with Gasteiger partial charge in [0.15, 0.2) is 0 Å². The van der Waals surface area contributed by atoms with Gasteiger partial charge in [0.25, 0.3) is 5.91 Å². The molecule has 6 nitrogen and oxygen atoms in total. The Labute approximate surface area is 187 Å². The van der Waals surface area contributed by atoms with Crippen LogP contribution in [0, 0.1) is 0 Å². The van der Waals surface area contributed by atoms with Crippen LogP contribution in [-0.2, 0) is 24.3 Å². The van der Waals surface area contributed by atoms with E-state index in [0.717, 1.165) is 38.2 Å². The minimum atomic E-state index is -0.539. The Morgan fingerprint density at radius 3 is 2.59 bits per heavy atom. The minimum Gasteiger partial charge on any atom is -0.361 e. The number of aromatic amines is 1. The van der Waals surface area contributed by atoms with Gasteiger partial charge in [-0.15, -0.1) is 0 Å². The molecule has 0 aliphatic carbocycles. The molecule has 0 atom stereocenters. The number of rotatable bonds is 10. The number of amides is 1. The summed E-state index contributed by atoms with van der Waals surface area (Å²) >= 11 is 0.